The second kappa shape index (κ2) is 12.0. The van der Waals surface area contributed by atoms with Gasteiger partial charge in [-0.1, -0.05) is 60.7 Å². The Labute approximate surface area is 243 Å². The smallest absolute Gasteiger partial charge is 0.347 e. The zero-order chi connectivity index (χ0) is 29.9. The van der Waals surface area contributed by atoms with E-state index in [1.54, 1.807) is 49.1 Å². The Morgan fingerprint density at radius 2 is 1.79 bits per heavy atom. The highest BCUT2D eigenvalue weighted by molar-refractivity contribution is 5.89. The number of carbonyl (C=O) groups excluding carboxylic acids is 2. The van der Waals surface area contributed by atoms with Gasteiger partial charge in [-0.05, 0) is 55.2 Å². The largest absolute Gasteiger partial charge is 0.478 e. The van der Waals surface area contributed by atoms with Gasteiger partial charge in [-0.3, -0.25) is 10.1 Å². The van der Waals surface area contributed by atoms with Crippen molar-refractivity contribution in [2.45, 2.75) is 44.5 Å². The molecular formula is C32H32N4O6. The monoisotopic (exact) mass is 568 g/mol. The Balaban J connectivity index is 1.61. The topological polar surface area (TPSA) is 131 Å². The van der Waals surface area contributed by atoms with E-state index < -0.39 is 29.6 Å². The van der Waals surface area contributed by atoms with Crippen LogP contribution in [0.2, 0.25) is 0 Å². The number of benzene rings is 2. The van der Waals surface area contributed by atoms with E-state index in [-0.39, 0.29) is 25.0 Å². The summed E-state index contributed by atoms with van der Waals surface area (Å²) in [5.41, 5.74) is 2.36. The average molecular weight is 569 g/mol. The molecule has 2 N–H and O–H groups in total. The van der Waals surface area contributed by atoms with Crippen LogP contribution in [0.15, 0.2) is 84.5 Å². The number of rotatable bonds is 8. The van der Waals surface area contributed by atoms with Crippen LogP contribution >= 0.6 is 0 Å². The number of carboxylic acid groups (broad SMARTS) is 1. The van der Waals surface area contributed by atoms with Gasteiger partial charge in [0.25, 0.3) is 0 Å². The number of fused-ring (bicyclic) bond motifs is 1. The number of amides is 1. The molecule has 42 heavy (non-hydrogen) atoms. The highest BCUT2D eigenvalue weighted by Gasteiger charge is 2.54. The van der Waals surface area contributed by atoms with Gasteiger partial charge in [0.1, 0.15) is 5.54 Å². The van der Waals surface area contributed by atoms with Crippen molar-refractivity contribution in [2.24, 2.45) is 0 Å². The summed E-state index contributed by atoms with van der Waals surface area (Å²) in [6.45, 7) is 3.67. The number of aryl methyl sites for hydroxylation is 2. The van der Waals surface area contributed by atoms with Crippen LogP contribution < -0.4 is 10.1 Å². The number of nitrogens with one attached hydrogen (secondary N) is 1. The fourth-order valence-electron chi connectivity index (χ4n) is 5.70. The summed E-state index contributed by atoms with van der Waals surface area (Å²) in [7, 11) is 1.32. The first-order valence-corrected chi connectivity index (χ1v) is 13.6. The molecule has 1 fully saturated rings. The number of esters is 1. The standard InChI is InChI=1S/C32H32N4O6/c1-20-17-21(2)35-31(34-20)42-28(29(38)39)32(24-9-5-4-6-10-24)25-11-7-8-12-26(25)36(27(37)18-33-32)19-22-13-15-23(16-14-22)30(40)41-3/h4-11,13-17,26,28,33H,12,18-19H2,1-3H3,(H,38,39)/t26?,28-,32+/m1/s1. The van der Waals surface area contributed by atoms with Crippen molar-refractivity contribution in [3.05, 3.63) is 113 Å². The lowest BCUT2D eigenvalue weighted by Gasteiger charge is -2.43. The minimum atomic E-state index is -1.52. The third-order valence-electron chi connectivity index (χ3n) is 7.56. The van der Waals surface area contributed by atoms with Gasteiger partial charge in [-0.2, -0.15) is 0 Å². The van der Waals surface area contributed by atoms with Gasteiger partial charge >= 0.3 is 17.9 Å². The third-order valence-corrected chi connectivity index (χ3v) is 7.56. The van der Waals surface area contributed by atoms with Crippen molar-refractivity contribution < 1.29 is 29.0 Å². The first kappa shape index (κ1) is 28.7. The molecule has 5 rings (SSSR count). The second-order valence-electron chi connectivity index (χ2n) is 10.3. The Morgan fingerprint density at radius 3 is 2.43 bits per heavy atom. The molecule has 1 aromatic heterocycles. The van der Waals surface area contributed by atoms with Gasteiger partial charge in [0.05, 0.1) is 25.3 Å². The van der Waals surface area contributed by atoms with E-state index >= 15 is 0 Å². The van der Waals surface area contributed by atoms with E-state index in [2.05, 4.69) is 15.3 Å². The molecule has 1 unspecified atom stereocenters. The van der Waals surface area contributed by atoms with Crippen molar-refractivity contribution in [1.82, 2.24) is 20.2 Å². The van der Waals surface area contributed by atoms with Gasteiger partial charge in [-0.25, -0.2) is 19.6 Å². The Kier molecular flexibility index (Phi) is 8.17. The normalized spacial score (nSPS) is 20.6. The first-order chi connectivity index (χ1) is 20.2. The quantitative estimate of drug-likeness (QED) is 0.392. The van der Waals surface area contributed by atoms with Gasteiger partial charge in [-0.15, -0.1) is 0 Å². The minimum Gasteiger partial charge on any atom is -0.478 e. The van der Waals surface area contributed by atoms with Gasteiger partial charge in [0.15, 0.2) is 0 Å². The summed E-state index contributed by atoms with van der Waals surface area (Å²) in [5, 5.41) is 14.0. The molecule has 0 radical (unpaired) electrons. The number of allylic oxidation sites excluding steroid dienone is 2. The fraction of sp³-hybridized carbons (Fsp3) is 0.281. The summed E-state index contributed by atoms with van der Waals surface area (Å²) in [6.07, 6.45) is 4.65. The molecule has 1 amide bonds. The maximum absolute atomic E-state index is 13.8. The van der Waals surface area contributed by atoms with E-state index in [1.165, 1.54) is 7.11 Å². The lowest BCUT2D eigenvalue weighted by atomic mass is 9.72. The van der Waals surface area contributed by atoms with Crippen molar-refractivity contribution in [3.8, 4) is 6.01 Å². The maximum atomic E-state index is 13.8. The Bertz CT molecular complexity index is 1530. The Morgan fingerprint density at radius 1 is 1.10 bits per heavy atom. The number of hydrogen-bond donors (Lipinski definition) is 2. The lowest BCUT2D eigenvalue weighted by molar-refractivity contribution is -0.149. The molecule has 1 aliphatic heterocycles. The van der Waals surface area contributed by atoms with Crippen LogP contribution in [0.25, 0.3) is 0 Å². The Hall–Kier alpha value is -4.83. The molecule has 216 valence electrons. The molecule has 2 aromatic carbocycles. The molecule has 0 saturated carbocycles. The highest BCUT2D eigenvalue weighted by atomic mass is 16.5. The van der Waals surface area contributed by atoms with E-state index in [4.69, 9.17) is 9.47 Å². The minimum absolute atomic E-state index is 0.0568. The molecule has 3 aromatic rings. The van der Waals surface area contributed by atoms with E-state index in [9.17, 15) is 19.5 Å². The molecule has 0 spiro atoms. The van der Waals surface area contributed by atoms with Crippen LogP contribution in [0.4, 0.5) is 0 Å². The average Bonchev–Trinajstić information content (AvgIpc) is 3.11. The highest BCUT2D eigenvalue weighted by Crippen LogP contribution is 2.42. The number of hydrogen-bond acceptors (Lipinski definition) is 8. The molecule has 10 nitrogen and oxygen atoms in total. The van der Waals surface area contributed by atoms with E-state index in [1.807, 2.05) is 48.6 Å². The number of nitrogens with zero attached hydrogens (tertiary/aromatic N) is 3. The number of aliphatic carboxylic acids is 1. The molecular weight excluding hydrogens is 536 g/mol. The maximum Gasteiger partial charge on any atom is 0.347 e. The number of carboxylic acids is 1. The van der Waals surface area contributed by atoms with Crippen LogP contribution in [-0.4, -0.2) is 63.6 Å². The predicted octanol–water partition coefficient (Wildman–Crippen LogP) is 3.49. The predicted molar refractivity (Wildman–Crippen MR) is 154 cm³/mol. The first-order valence-electron chi connectivity index (χ1n) is 13.6. The number of aromatic nitrogens is 2. The summed E-state index contributed by atoms with van der Waals surface area (Å²) < 4.78 is 10.9. The molecule has 3 atom stereocenters. The van der Waals surface area contributed by atoms with Crippen LogP contribution in [-0.2, 0) is 26.4 Å². The van der Waals surface area contributed by atoms with Gasteiger partial charge in [0, 0.05) is 17.9 Å². The number of methoxy groups -OCH3 is 1. The molecule has 2 heterocycles. The summed E-state index contributed by atoms with van der Waals surface area (Å²) in [4.78, 5) is 49.2. The lowest BCUT2D eigenvalue weighted by Crippen LogP contribution is -2.60. The second-order valence-corrected chi connectivity index (χ2v) is 10.3. The molecule has 2 aliphatic rings. The third kappa shape index (κ3) is 5.53. The zero-order valence-electron chi connectivity index (χ0n) is 23.6. The molecule has 10 heteroatoms. The van der Waals surface area contributed by atoms with Crippen molar-refractivity contribution in [1.29, 1.82) is 0 Å². The van der Waals surface area contributed by atoms with Crippen molar-refractivity contribution in [3.63, 3.8) is 0 Å². The zero-order valence-corrected chi connectivity index (χ0v) is 23.6. The van der Waals surface area contributed by atoms with Crippen molar-refractivity contribution >= 4 is 17.8 Å². The summed E-state index contributed by atoms with van der Waals surface area (Å²) >= 11 is 0. The fourth-order valence-corrected chi connectivity index (χ4v) is 5.70. The van der Waals surface area contributed by atoms with Crippen LogP contribution in [0, 0.1) is 13.8 Å². The van der Waals surface area contributed by atoms with Crippen molar-refractivity contribution in [2.75, 3.05) is 13.7 Å². The summed E-state index contributed by atoms with van der Waals surface area (Å²) in [5.74, 6) is -1.88. The van der Waals surface area contributed by atoms with Crippen LogP contribution in [0.5, 0.6) is 6.01 Å². The summed E-state index contributed by atoms with van der Waals surface area (Å²) in [6, 6.07) is 17.3. The number of ether oxygens (including phenoxy) is 2. The molecule has 0 bridgehead atoms. The molecule has 1 saturated heterocycles. The van der Waals surface area contributed by atoms with E-state index in [0.717, 1.165) is 5.56 Å². The molecule has 1 aliphatic carbocycles. The van der Waals surface area contributed by atoms with Crippen LogP contribution in [0.1, 0.15) is 39.3 Å². The van der Waals surface area contributed by atoms with E-state index in [0.29, 0.717) is 34.5 Å². The van der Waals surface area contributed by atoms with Crippen LogP contribution in [0.3, 0.4) is 0 Å². The van der Waals surface area contributed by atoms with Gasteiger partial charge < -0.3 is 19.5 Å². The SMILES string of the molecule is COC(=O)c1ccc(CN2C(=O)CN[C@](c3ccccc3)([C@H](Oc3nc(C)cc(C)n3)C(=O)O)C3=CC=CCC32)cc1. The van der Waals surface area contributed by atoms with Gasteiger partial charge in [0.2, 0.25) is 12.0 Å². The number of carbonyl (C=O) groups is 3.